The highest BCUT2D eigenvalue weighted by Gasteiger charge is 2.30. The first-order valence-corrected chi connectivity index (χ1v) is 9.01. The highest BCUT2D eigenvalue weighted by molar-refractivity contribution is 5.52. The van der Waals surface area contributed by atoms with Crippen LogP contribution in [0.15, 0.2) is 48.8 Å². The van der Waals surface area contributed by atoms with Gasteiger partial charge in [0.1, 0.15) is 0 Å². The Hall–Kier alpha value is -2.07. The van der Waals surface area contributed by atoms with Gasteiger partial charge in [0.25, 0.3) is 0 Å². The van der Waals surface area contributed by atoms with E-state index in [0.717, 1.165) is 32.7 Å². The third-order valence-electron chi connectivity index (χ3n) is 5.45. The molecule has 2 aliphatic heterocycles. The summed E-state index contributed by atoms with van der Waals surface area (Å²) in [6.07, 6.45) is 5.16. The zero-order valence-electron chi connectivity index (χ0n) is 14.4. The summed E-state index contributed by atoms with van der Waals surface area (Å²) in [6.45, 7) is 9.06. The van der Waals surface area contributed by atoms with E-state index in [1.807, 2.05) is 12.4 Å². The van der Waals surface area contributed by atoms with Gasteiger partial charge in [0.2, 0.25) is 0 Å². The Morgan fingerprint density at radius 2 is 1.71 bits per heavy atom. The molecule has 0 aliphatic carbocycles. The molecule has 2 aromatic rings. The van der Waals surface area contributed by atoms with Crippen molar-refractivity contribution >= 4 is 11.4 Å². The normalized spacial score (nSPS) is 22.1. The second-order valence-electron chi connectivity index (χ2n) is 6.91. The van der Waals surface area contributed by atoms with Gasteiger partial charge in [-0.2, -0.15) is 0 Å². The first-order valence-electron chi connectivity index (χ1n) is 9.01. The van der Waals surface area contributed by atoms with Crippen LogP contribution in [0, 0.1) is 6.92 Å². The van der Waals surface area contributed by atoms with Crippen LogP contribution in [0.3, 0.4) is 0 Å². The monoisotopic (exact) mass is 322 g/mol. The summed E-state index contributed by atoms with van der Waals surface area (Å²) in [6, 6.07) is 13.7. The summed E-state index contributed by atoms with van der Waals surface area (Å²) >= 11 is 0. The van der Waals surface area contributed by atoms with E-state index in [0.29, 0.717) is 6.04 Å². The van der Waals surface area contributed by atoms with Crippen molar-refractivity contribution in [3.8, 4) is 0 Å². The van der Waals surface area contributed by atoms with Crippen molar-refractivity contribution < 1.29 is 0 Å². The molecule has 1 aromatic heterocycles. The van der Waals surface area contributed by atoms with Gasteiger partial charge in [0.15, 0.2) is 0 Å². The number of aryl methyl sites for hydroxylation is 1. The number of rotatable bonds is 3. The number of piperazine rings is 1. The van der Waals surface area contributed by atoms with Crippen molar-refractivity contribution in [2.24, 2.45) is 0 Å². The van der Waals surface area contributed by atoms with Crippen LogP contribution in [0.2, 0.25) is 0 Å². The summed E-state index contributed by atoms with van der Waals surface area (Å²) in [7, 11) is 0. The van der Waals surface area contributed by atoms with Crippen LogP contribution < -0.4 is 9.80 Å². The lowest BCUT2D eigenvalue weighted by Crippen LogP contribution is -2.51. The SMILES string of the molecule is Cc1cnccc1N1CCN(C2CCN(c3ccccc3)C2)CC1. The zero-order valence-corrected chi connectivity index (χ0v) is 14.4. The maximum atomic E-state index is 4.21. The fraction of sp³-hybridized carbons (Fsp3) is 0.450. The van der Waals surface area contributed by atoms with E-state index >= 15 is 0 Å². The molecule has 0 bridgehead atoms. The first kappa shape index (κ1) is 15.5. The van der Waals surface area contributed by atoms with Crippen LogP contribution in [0.4, 0.5) is 11.4 Å². The Morgan fingerprint density at radius 3 is 2.46 bits per heavy atom. The van der Waals surface area contributed by atoms with Crippen molar-refractivity contribution in [2.45, 2.75) is 19.4 Å². The number of hydrogen-bond donors (Lipinski definition) is 0. The Kier molecular flexibility index (Phi) is 4.39. The molecule has 2 aliphatic rings. The Balaban J connectivity index is 1.35. The molecule has 3 heterocycles. The third kappa shape index (κ3) is 3.11. The molecule has 1 aromatic carbocycles. The number of pyridine rings is 1. The molecule has 1 atom stereocenters. The number of aromatic nitrogens is 1. The van der Waals surface area contributed by atoms with Gasteiger partial charge in [-0.05, 0) is 37.1 Å². The highest BCUT2D eigenvalue weighted by Crippen LogP contribution is 2.25. The van der Waals surface area contributed by atoms with Gasteiger partial charge in [0, 0.05) is 69.1 Å². The first-order chi connectivity index (χ1) is 11.8. The number of hydrogen-bond acceptors (Lipinski definition) is 4. The molecule has 4 heteroatoms. The zero-order chi connectivity index (χ0) is 16.4. The summed E-state index contributed by atoms with van der Waals surface area (Å²) in [5.41, 5.74) is 4.00. The van der Waals surface area contributed by atoms with E-state index in [9.17, 15) is 0 Å². The van der Waals surface area contributed by atoms with Crippen molar-refractivity contribution in [1.82, 2.24) is 9.88 Å². The Labute approximate surface area is 144 Å². The smallest absolute Gasteiger partial charge is 0.0427 e. The van der Waals surface area contributed by atoms with E-state index in [1.165, 1.54) is 29.9 Å². The van der Waals surface area contributed by atoms with Crippen LogP contribution in [0.5, 0.6) is 0 Å². The van der Waals surface area contributed by atoms with Crippen molar-refractivity contribution in [3.63, 3.8) is 0 Å². The summed E-state index contributed by atoms with van der Waals surface area (Å²) in [4.78, 5) is 11.9. The predicted octanol–water partition coefficient (Wildman–Crippen LogP) is 2.79. The average Bonchev–Trinajstić information content (AvgIpc) is 3.13. The van der Waals surface area contributed by atoms with Crippen LogP contribution in [-0.2, 0) is 0 Å². The predicted molar refractivity (Wildman–Crippen MR) is 99.8 cm³/mol. The Morgan fingerprint density at radius 1 is 0.917 bits per heavy atom. The van der Waals surface area contributed by atoms with E-state index in [2.05, 4.69) is 63.0 Å². The van der Waals surface area contributed by atoms with Crippen molar-refractivity contribution in [1.29, 1.82) is 0 Å². The second kappa shape index (κ2) is 6.81. The number of benzene rings is 1. The van der Waals surface area contributed by atoms with Crippen LogP contribution in [0.1, 0.15) is 12.0 Å². The maximum Gasteiger partial charge on any atom is 0.0427 e. The lowest BCUT2D eigenvalue weighted by Gasteiger charge is -2.39. The molecule has 4 rings (SSSR count). The molecule has 0 radical (unpaired) electrons. The minimum atomic E-state index is 0.700. The third-order valence-corrected chi connectivity index (χ3v) is 5.45. The molecule has 0 spiro atoms. The van der Waals surface area contributed by atoms with E-state index < -0.39 is 0 Å². The van der Waals surface area contributed by atoms with Crippen LogP contribution in [0.25, 0.3) is 0 Å². The van der Waals surface area contributed by atoms with Crippen LogP contribution >= 0.6 is 0 Å². The highest BCUT2D eigenvalue weighted by atomic mass is 15.3. The minimum absolute atomic E-state index is 0.700. The Bertz CT molecular complexity index is 664. The molecule has 0 saturated carbocycles. The topological polar surface area (TPSA) is 22.6 Å². The van der Waals surface area contributed by atoms with Gasteiger partial charge < -0.3 is 9.80 Å². The van der Waals surface area contributed by atoms with Gasteiger partial charge in [-0.15, -0.1) is 0 Å². The largest absolute Gasteiger partial charge is 0.370 e. The molecule has 2 fully saturated rings. The molecule has 126 valence electrons. The van der Waals surface area contributed by atoms with Crippen molar-refractivity contribution in [2.75, 3.05) is 49.1 Å². The minimum Gasteiger partial charge on any atom is -0.370 e. The lowest BCUT2D eigenvalue weighted by atomic mass is 10.1. The lowest BCUT2D eigenvalue weighted by molar-refractivity contribution is 0.198. The van der Waals surface area contributed by atoms with E-state index in [4.69, 9.17) is 0 Å². The van der Waals surface area contributed by atoms with E-state index in [-0.39, 0.29) is 0 Å². The molecule has 0 amide bonds. The molecule has 4 nitrogen and oxygen atoms in total. The van der Waals surface area contributed by atoms with Gasteiger partial charge in [-0.25, -0.2) is 0 Å². The van der Waals surface area contributed by atoms with Crippen molar-refractivity contribution in [3.05, 3.63) is 54.4 Å². The fourth-order valence-corrected chi connectivity index (χ4v) is 4.06. The molecule has 2 saturated heterocycles. The molecular formula is C20H26N4. The fourth-order valence-electron chi connectivity index (χ4n) is 4.06. The molecule has 0 N–H and O–H groups in total. The quantitative estimate of drug-likeness (QED) is 0.866. The van der Waals surface area contributed by atoms with Gasteiger partial charge in [-0.3, -0.25) is 9.88 Å². The van der Waals surface area contributed by atoms with Crippen LogP contribution in [-0.4, -0.2) is 55.2 Å². The van der Waals surface area contributed by atoms with Gasteiger partial charge in [0.05, 0.1) is 0 Å². The van der Waals surface area contributed by atoms with E-state index in [1.54, 1.807) is 0 Å². The number of para-hydroxylation sites is 1. The standard InChI is InChI=1S/C20H26N4/c1-17-15-21-9-7-20(17)23-13-11-22(12-14-23)19-8-10-24(16-19)18-5-3-2-4-6-18/h2-7,9,15,19H,8,10-14,16H2,1H3. The van der Waals surface area contributed by atoms with Gasteiger partial charge in [-0.1, -0.05) is 18.2 Å². The average molecular weight is 322 g/mol. The number of nitrogens with zero attached hydrogens (tertiary/aromatic N) is 4. The number of anilines is 2. The molecular weight excluding hydrogens is 296 g/mol. The maximum absolute atomic E-state index is 4.21. The molecule has 24 heavy (non-hydrogen) atoms. The molecule has 1 unspecified atom stereocenters. The summed E-state index contributed by atoms with van der Waals surface area (Å²) in [5.74, 6) is 0. The summed E-state index contributed by atoms with van der Waals surface area (Å²) < 4.78 is 0. The second-order valence-corrected chi connectivity index (χ2v) is 6.91. The summed E-state index contributed by atoms with van der Waals surface area (Å²) in [5, 5.41) is 0. The van der Waals surface area contributed by atoms with Gasteiger partial charge >= 0.3 is 0 Å².